The van der Waals surface area contributed by atoms with E-state index in [9.17, 15) is 42.7 Å². The number of ether oxygens (including phenoxy) is 3. The van der Waals surface area contributed by atoms with E-state index < -0.39 is 87.5 Å². The van der Waals surface area contributed by atoms with Crippen LogP contribution in [0.3, 0.4) is 0 Å². The van der Waals surface area contributed by atoms with Gasteiger partial charge in [0.1, 0.15) is 24.2 Å². The molecular weight excluding hydrogens is 1010 g/mol. The van der Waals surface area contributed by atoms with Crippen molar-refractivity contribution in [3.05, 3.63) is 94.1 Å². The van der Waals surface area contributed by atoms with Crippen molar-refractivity contribution in [1.82, 2.24) is 20.5 Å². The van der Waals surface area contributed by atoms with Gasteiger partial charge in [-0.15, -0.1) is 11.3 Å². The minimum Gasteiger partial charge on any atom is -0.488 e. The maximum Gasteiger partial charge on any atom is 0.417 e. The number of carbonyl (C=O) groups excluding carboxylic acids is 4. The summed E-state index contributed by atoms with van der Waals surface area (Å²) in [5, 5.41) is 25.2. The zero-order chi connectivity index (χ0) is 54.3. The van der Waals surface area contributed by atoms with Gasteiger partial charge in [0.25, 0.3) is 5.91 Å². The van der Waals surface area contributed by atoms with Crippen LogP contribution >= 0.6 is 23.6 Å². The molecule has 2 fully saturated rings. The van der Waals surface area contributed by atoms with Crippen LogP contribution in [0.4, 0.5) is 33.3 Å². The standard InChI is InChI=1S/C52H60F5N7O8S2/c1-30(32-12-14-33(15-13-32)44-31(2)59-29-74-44)60-46(67)41-25-37(65)27-62(41)47(68)45(50(3,4)5)61-42(66)28-71-20-11-19-70-18-9-8-10-21-72-43-39(53)23-36(24-40(43)54)64-49(73)63(48(69)51(64,6)7)35-17-16-34(26-58)38(22-35)52(55,56)57/h12-17,22-24,29-30,37,41,45,65H,8-11,18-21,25,27-28H2,1-7H3,(H,60,67)(H,61,66)/t30?,37-,41+,45?/m1/s1. The van der Waals surface area contributed by atoms with E-state index in [0.717, 1.165) is 55.8 Å². The van der Waals surface area contributed by atoms with Gasteiger partial charge in [0.15, 0.2) is 22.5 Å². The van der Waals surface area contributed by atoms with Crippen LogP contribution in [-0.4, -0.2) is 107 Å². The van der Waals surface area contributed by atoms with Gasteiger partial charge in [-0.3, -0.25) is 24.1 Å². The Balaban J connectivity index is 0.883. The molecule has 0 saturated carbocycles. The number of aromatic nitrogens is 1. The number of unbranched alkanes of at least 4 members (excludes halogenated alkanes) is 2. The number of anilines is 2. The topological polar surface area (TPSA) is 187 Å². The molecule has 2 saturated heterocycles. The third-order valence-corrected chi connectivity index (χ3v) is 14.0. The van der Waals surface area contributed by atoms with Gasteiger partial charge in [0.05, 0.1) is 63.4 Å². The molecule has 2 unspecified atom stereocenters. The van der Waals surface area contributed by atoms with Crippen molar-refractivity contribution in [3.8, 4) is 22.3 Å². The number of thiazole rings is 1. The molecule has 22 heteroatoms. The van der Waals surface area contributed by atoms with E-state index in [-0.39, 0.29) is 55.3 Å². The van der Waals surface area contributed by atoms with Crippen molar-refractivity contribution in [2.75, 3.05) is 49.4 Å². The van der Waals surface area contributed by atoms with Crippen LogP contribution in [0.2, 0.25) is 0 Å². The maximum absolute atomic E-state index is 15.4. The molecule has 2 aliphatic rings. The minimum atomic E-state index is -4.90. The van der Waals surface area contributed by atoms with E-state index in [1.54, 1.807) is 37.6 Å². The van der Waals surface area contributed by atoms with E-state index in [1.165, 1.54) is 24.8 Å². The summed E-state index contributed by atoms with van der Waals surface area (Å²) in [6, 6.07) is 11.5. The van der Waals surface area contributed by atoms with Crippen molar-refractivity contribution in [3.63, 3.8) is 0 Å². The molecule has 0 aliphatic carbocycles. The second-order valence-corrected chi connectivity index (χ2v) is 20.9. The summed E-state index contributed by atoms with van der Waals surface area (Å²) in [6.07, 6.45) is -3.69. The summed E-state index contributed by atoms with van der Waals surface area (Å²) in [5.74, 6) is -5.01. The summed E-state index contributed by atoms with van der Waals surface area (Å²) < 4.78 is 88.5. The lowest BCUT2D eigenvalue weighted by Crippen LogP contribution is -2.58. The van der Waals surface area contributed by atoms with Crippen molar-refractivity contribution >= 4 is 63.7 Å². The fourth-order valence-corrected chi connectivity index (χ4v) is 10.0. The predicted octanol–water partition coefficient (Wildman–Crippen LogP) is 8.55. The highest BCUT2D eigenvalue weighted by molar-refractivity contribution is 7.81. The Morgan fingerprint density at radius 3 is 2.22 bits per heavy atom. The number of aryl methyl sites for hydroxylation is 1. The second kappa shape index (κ2) is 24.0. The number of alkyl halides is 3. The number of nitrogens with zero attached hydrogens (tertiary/aromatic N) is 5. The number of hydrogen-bond donors (Lipinski definition) is 3. The van der Waals surface area contributed by atoms with Crippen LogP contribution in [0.15, 0.2) is 60.1 Å². The number of amides is 4. The average Bonchev–Trinajstić information content (AvgIpc) is 4.00. The Hall–Kier alpha value is -6.12. The first-order chi connectivity index (χ1) is 34.8. The molecule has 3 aromatic carbocycles. The molecule has 398 valence electrons. The summed E-state index contributed by atoms with van der Waals surface area (Å²) in [7, 11) is 0. The Morgan fingerprint density at radius 2 is 1.59 bits per heavy atom. The number of hydrogen-bond acceptors (Lipinski definition) is 12. The van der Waals surface area contributed by atoms with Crippen molar-refractivity contribution in [2.45, 2.75) is 117 Å². The zero-order valence-electron chi connectivity index (χ0n) is 42.1. The normalized spacial score (nSPS) is 17.6. The fourth-order valence-electron chi connectivity index (χ4n) is 8.68. The molecule has 0 spiro atoms. The lowest BCUT2D eigenvalue weighted by molar-refractivity contribution is -0.144. The highest BCUT2D eigenvalue weighted by Gasteiger charge is 2.51. The Bertz CT molecular complexity index is 2720. The predicted molar refractivity (Wildman–Crippen MR) is 271 cm³/mol. The van der Waals surface area contributed by atoms with E-state index in [1.807, 2.05) is 38.1 Å². The SMILES string of the molecule is Cc1ncsc1-c1ccc(C(C)NC(=O)[C@@H]2C[C@@H](O)CN2C(=O)C(NC(=O)COCCCOCCCCCOc2c(F)cc(N3C(=S)N(c4ccc(C#N)c(C(F)(F)F)c4)C(=O)C3(C)C)cc2F)C(C)(C)C)cc1. The van der Waals surface area contributed by atoms with Gasteiger partial charge in [-0.05, 0) is 100 Å². The number of aliphatic hydroxyl groups is 1. The monoisotopic (exact) mass is 1070 g/mol. The third kappa shape index (κ3) is 13.4. The van der Waals surface area contributed by atoms with Crippen molar-refractivity contribution in [1.29, 1.82) is 5.26 Å². The molecular formula is C52H60F5N7O8S2. The first kappa shape index (κ1) is 57.2. The maximum atomic E-state index is 15.4. The molecule has 3 heterocycles. The molecule has 0 radical (unpaired) electrons. The number of nitriles is 1. The molecule has 4 amide bonds. The first-order valence-corrected chi connectivity index (χ1v) is 25.3. The van der Waals surface area contributed by atoms with E-state index in [4.69, 9.17) is 26.4 Å². The third-order valence-electron chi connectivity index (χ3n) is 12.6. The van der Waals surface area contributed by atoms with Gasteiger partial charge in [0, 0.05) is 44.9 Å². The molecule has 3 N–H and O–H groups in total. The van der Waals surface area contributed by atoms with Crippen LogP contribution in [0.25, 0.3) is 10.4 Å². The summed E-state index contributed by atoms with van der Waals surface area (Å²) in [5.41, 5.74) is -0.0646. The van der Waals surface area contributed by atoms with Crippen molar-refractivity contribution in [2.24, 2.45) is 5.41 Å². The Morgan fingerprint density at radius 1 is 0.946 bits per heavy atom. The zero-order valence-corrected chi connectivity index (χ0v) is 43.7. The van der Waals surface area contributed by atoms with Crippen molar-refractivity contribution < 1.29 is 60.4 Å². The number of carbonyl (C=O) groups is 4. The van der Waals surface area contributed by atoms with Crippen LogP contribution in [0.5, 0.6) is 5.75 Å². The summed E-state index contributed by atoms with van der Waals surface area (Å²) in [6.45, 7) is 12.4. The molecule has 4 atom stereocenters. The van der Waals surface area contributed by atoms with Gasteiger partial charge < -0.3 is 39.8 Å². The molecule has 2 aliphatic heterocycles. The van der Waals surface area contributed by atoms with Crippen LogP contribution in [-0.2, 0) is 34.8 Å². The average molecular weight is 1070 g/mol. The van der Waals surface area contributed by atoms with Crippen LogP contribution < -0.4 is 25.2 Å². The largest absolute Gasteiger partial charge is 0.488 e. The number of β-amino-alcohol motifs (C(OH)–C–C–N with tert-alkyl or cyclic N) is 1. The van der Waals surface area contributed by atoms with Crippen LogP contribution in [0.1, 0.15) is 102 Å². The summed E-state index contributed by atoms with van der Waals surface area (Å²) in [4.78, 5) is 62.9. The van der Waals surface area contributed by atoms with Gasteiger partial charge in [0.2, 0.25) is 17.7 Å². The molecule has 6 rings (SSSR count). The quantitative estimate of drug-likeness (QED) is 0.0411. The second-order valence-electron chi connectivity index (χ2n) is 19.7. The number of halogens is 5. The molecule has 4 aromatic rings. The number of benzene rings is 3. The Kier molecular flexibility index (Phi) is 18.6. The lowest BCUT2D eigenvalue weighted by atomic mass is 9.85. The number of nitrogens with one attached hydrogen (secondary N) is 2. The van der Waals surface area contributed by atoms with E-state index in [0.29, 0.717) is 45.0 Å². The minimum absolute atomic E-state index is 0.0368. The Labute approximate surface area is 436 Å². The molecule has 15 nitrogen and oxygen atoms in total. The van der Waals surface area contributed by atoms with Gasteiger partial charge >= 0.3 is 6.18 Å². The smallest absolute Gasteiger partial charge is 0.417 e. The van der Waals surface area contributed by atoms with Gasteiger partial charge in [-0.25, -0.2) is 13.8 Å². The number of rotatable bonds is 21. The fraction of sp³-hybridized carbons (Fsp3) is 0.481. The number of likely N-dealkylation sites (tertiary alicyclic amines) is 1. The number of thiocarbonyl (C=S) groups is 1. The molecule has 1 aromatic heterocycles. The summed E-state index contributed by atoms with van der Waals surface area (Å²) >= 11 is 7.02. The first-order valence-electron chi connectivity index (χ1n) is 24.0. The number of aliphatic hydroxyl groups excluding tert-OH is 1. The lowest BCUT2D eigenvalue weighted by Gasteiger charge is -2.35. The van der Waals surface area contributed by atoms with Gasteiger partial charge in [-0.2, -0.15) is 18.4 Å². The van der Waals surface area contributed by atoms with E-state index >= 15 is 8.78 Å². The molecule has 0 bridgehead atoms. The molecule has 74 heavy (non-hydrogen) atoms. The highest BCUT2D eigenvalue weighted by atomic mass is 32.1. The highest BCUT2D eigenvalue weighted by Crippen LogP contribution is 2.41. The van der Waals surface area contributed by atoms with Gasteiger partial charge in [-0.1, -0.05) is 45.0 Å². The van der Waals surface area contributed by atoms with Crippen LogP contribution in [0, 0.1) is 35.3 Å². The van der Waals surface area contributed by atoms with E-state index in [2.05, 4.69) is 15.6 Å².